The van der Waals surface area contributed by atoms with Gasteiger partial charge >= 0.3 is 6.18 Å². The minimum Gasteiger partial charge on any atom is -0.480 e. The Bertz CT molecular complexity index is 1130. The van der Waals surface area contributed by atoms with Crippen LogP contribution in [0.2, 0.25) is 0 Å². The van der Waals surface area contributed by atoms with Gasteiger partial charge in [-0.2, -0.15) is 18.2 Å². The van der Waals surface area contributed by atoms with Crippen LogP contribution in [-0.2, 0) is 0 Å². The molecular formula is C25H35F3N8O2. The van der Waals surface area contributed by atoms with E-state index in [4.69, 9.17) is 10.1 Å². The van der Waals surface area contributed by atoms with E-state index in [0.717, 1.165) is 12.2 Å². The zero-order valence-electron chi connectivity index (χ0n) is 22.7. The third-order valence-corrected chi connectivity index (χ3v) is 6.06. The van der Waals surface area contributed by atoms with Gasteiger partial charge in [0.25, 0.3) is 5.91 Å². The fourth-order valence-corrected chi connectivity index (χ4v) is 3.66. The van der Waals surface area contributed by atoms with Crippen LogP contribution in [0.25, 0.3) is 5.57 Å². The van der Waals surface area contributed by atoms with E-state index in [9.17, 15) is 18.0 Å². The monoisotopic (exact) mass is 536 g/mol. The topological polar surface area (TPSA) is 119 Å². The molecule has 1 atom stereocenters. The molecule has 3 N–H and O–H groups in total. The van der Waals surface area contributed by atoms with Gasteiger partial charge in [-0.1, -0.05) is 6.08 Å². The van der Waals surface area contributed by atoms with Gasteiger partial charge in [-0.25, -0.2) is 9.97 Å². The van der Waals surface area contributed by atoms with Gasteiger partial charge in [0.2, 0.25) is 5.88 Å². The molecule has 1 unspecified atom stereocenters. The van der Waals surface area contributed by atoms with Crippen molar-refractivity contribution in [3.8, 4) is 5.88 Å². The van der Waals surface area contributed by atoms with Crippen molar-refractivity contribution in [2.45, 2.75) is 33.0 Å². The van der Waals surface area contributed by atoms with E-state index < -0.39 is 17.5 Å². The second-order valence-electron chi connectivity index (χ2n) is 8.53. The third kappa shape index (κ3) is 7.40. The van der Waals surface area contributed by atoms with Crippen LogP contribution in [0.5, 0.6) is 5.88 Å². The number of hydrogen-bond donors (Lipinski definition) is 3. The molecule has 2 aromatic rings. The molecule has 0 aliphatic carbocycles. The Hall–Kier alpha value is -3.74. The number of aromatic nitrogens is 3. The maximum absolute atomic E-state index is 13.2. The first kappa shape index (κ1) is 30.5. The van der Waals surface area contributed by atoms with Gasteiger partial charge in [0.05, 0.1) is 19.0 Å². The molecule has 0 fully saturated rings. The first-order valence-electron chi connectivity index (χ1n) is 12.0. The predicted molar refractivity (Wildman–Crippen MR) is 142 cm³/mol. The molecular weight excluding hydrogens is 501 g/mol. The quantitative estimate of drug-likeness (QED) is 0.353. The summed E-state index contributed by atoms with van der Waals surface area (Å²) in [5.41, 5.74) is -0.231. The van der Waals surface area contributed by atoms with Gasteiger partial charge in [-0.15, -0.1) is 0 Å². The highest BCUT2D eigenvalue weighted by molar-refractivity contribution is 6.07. The fourth-order valence-electron chi connectivity index (χ4n) is 3.66. The number of pyridine rings is 1. The SMILES string of the molecule is CCN(CCN(C)C(C)/C=C(\C)c1nc(NC)c(C(=N)C(F)(F)F)c(OC)n1)c1ccc(C(=O)NC)nc1. The van der Waals surface area contributed by atoms with Crippen molar-refractivity contribution in [3.05, 3.63) is 41.5 Å². The summed E-state index contributed by atoms with van der Waals surface area (Å²) in [6, 6.07) is 3.49. The maximum Gasteiger partial charge on any atom is 0.433 e. The molecule has 0 aliphatic heterocycles. The average molecular weight is 537 g/mol. The van der Waals surface area contributed by atoms with Crippen LogP contribution >= 0.6 is 0 Å². The van der Waals surface area contributed by atoms with Crippen molar-refractivity contribution in [2.24, 2.45) is 0 Å². The number of allylic oxidation sites excluding steroid dienone is 1. The second kappa shape index (κ2) is 13.2. The van der Waals surface area contributed by atoms with E-state index in [-0.39, 0.29) is 29.5 Å². The number of alkyl halides is 3. The molecule has 2 heterocycles. The van der Waals surface area contributed by atoms with Crippen LogP contribution in [0.15, 0.2) is 24.4 Å². The number of carbonyl (C=O) groups is 1. The first-order valence-corrected chi connectivity index (χ1v) is 12.0. The Labute approximate surface area is 220 Å². The largest absolute Gasteiger partial charge is 0.480 e. The standard InChI is InChI=1S/C25H35F3N8O2/c1-8-36(17-9-10-18(32-14-17)23(37)31-5)12-11-35(6)16(3)13-15(2)21-33-22(30-4)19(24(34-21)38-7)20(29)25(26,27)28/h9-10,13-14,16,29H,8,11-12H2,1-7H3,(H,31,37)(H,30,33,34)/b15-13+,29-20?. The molecule has 0 aliphatic rings. The zero-order chi connectivity index (χ0) is 28.6. The predicted octanol–water partition coefficient (Wildman–Crippen LogP) is 3.46. The lowest BCUT2D eigenvalue weighted by atomic mass is 10.1. The zero-order valence-corrected chi connectivity index (χ0v) is 22.7. The maximum atomic E-state index is 13.2. The van der Waals surface area contributed by atoms with Crippen LogP contribution in [-0.4, -0.2) is 91.6 Å². The normalized spacial score (nSPS) is 12.8. The van der Waals surface area contributed by atoms with Crippen molar-refractivity contribution in [1.29, 1.82) is 5.41 Å². The summed E-state index contributed by atoms with van der Waals surface area (Å²) in [6.07, 6.45) is -1.28. The summed E-state index contributed by atoms with van der Waals surface area (Å²) in [4.78, 5) is 28.6. The van der Waals surface area contributed by atoms with Gasteiger partial charge in [-0.05, 0) is 45.5 Å². The lowest BCUT2D eigenvalue weighted by molar-refractivity contribution is -0.0588. The van der Waals surface area contributed by atoms with Gasteiger partial charge in [0.15, 0.2) is 11.5 Å². The third-order valence-electron chi connectivity index (χ3n) is 6.06. The van der Waals surface area contributed by atoms with Crippen molar-refractivity contribution < 1.29 is 22.7 Å². The van der Waals surface area contributed by atoms with Crippen LogP contribution in [0.3, 0.4) is 0 Å². The molecule has 10 nitrogen and oxygen atoms in total. The summed E-state index contributed by atoms with van der Waals surface area (Å²) < 4.78 is 44.7. The molecule has 0 spiro atoms. The highest BCUT2D eigenvalue weighted by Crippen LogP contribution is 2.32. The number of anilines is 2. The van der Waals surface area contributed by atoms with E-state index in [0.29, 0.717) is 24.4 Å². The highest BCUT2D eigenvalue weighted by Gasteiger charge is 2.39. The Morgan fingerprint density at radius 1 is 1.24 bits per heavy atom. The molecule has 38 heavy (non-hydrogen) atoms. The molecule has 2 rings (SSSR count). The number of ether oxygens (including phenoxy) is 1. The summed E-state index contributed by atoms with van der Waals surface area (Å²) in [7, 11) is 6.15. The van der Waals surface area contributed by atoms with E-state index in [1.807, 2.05) is 33.0 Å². The number of halogens is 3. The number of methoxy groups -OCH3 is 1. The van der Waals surface area contributed by atoms with Gasteiger partial charge in [-0.3, -0.25) is 15.1 Å². The molecule has 0 aromatic carbocycles. The van der Waals surface area contributed by atoms with Crippen LogP contribution in [0, 0.1) is 5.41 Å². The number of hydrogen-bond acceptors (Lipinski definition) is 9. The van der Waals surface area contributed by atoms with Gasteiger partial charge in [0, 0.05) is 39.8 Å². The van der Waals surface area contributed by atoms with E-state index in [2.05, 4.69) is 35.4 Å². The van der Waals surface area contributed by atoms with Gasteiger partial charge in [0.1, 0.15) is 17.1 Å². The number of nitrogens with zero attached hydrogens (tertiary/aromatic N) is 5. The van der Waals surface area contributed by atoms with Gasteiger partial charge < -0.3 is 20.3 Å². The molecule has 0 saturated carbocycles. The molecule has 0 radical (unpaired) electrons. The number of nitrogens with one attached hydrogen (secondary N) is 3. The van der Waals surface area contributed by atoms with Crippen LogP contribution < -0.4 is 20.3 Å². The molecule has 0 bridgehead atoms. The smallest absolute Gasteiger partial charge is 0.433 e. The van der Waals surface area contributed by atoms with E-state index >= 15 is 0 Å². The lowest BCUT2D eigenvalue weighted by Gasteiger charge is -2.28. The summed E-state index contributed by atoms with van der Waals surface area (Å²) >= 11 is 0. The first-order chi connectivity index (χ1) is 17.9. The minimum atomic E-state index is -4.87. The Kier molecular flexibility index (Phi) is 10.6. The van der Waals surface area contributed by atoms with E-state index in [1.54, 1.807) is 26.2 Å². The molecule has 1 amide bonds. The van der Waals surface area contributed by atoms with Crippen LogP contribution in [0.4, 0.5) is 24.7 Å². The molecule has 2 aromatic heterocycles. The number of likely N-dealkylation sites (N-methyl/N-ethyl adjacent to an activating group) is 2. The number of carbonyl (C=O) groups excluding carboxylic acids is 1. The Morgan fingerprint density at radius 2 is 1.92 bits per heavy atom. The lowest BCUT2D eigenvalue weighted by Crippen LogP contribution is -2.37. The van der Waals surface area contributed by atoms with Crippen molar-refractivity contribution >= 4 is 28.7 Å². The van der Waals surface area contributed by atoms with Crippen molar-refractivity contribution in [1.82, 2.24) is 25.2 Å². The molecule has 13 heteroatoms. The summed E-state index contributed by atoms with van der Waals surface area (Å²) in [6.45, 7) is 7.94. The second-order valence-corrected chi connectivity index (χ2v) is 8.53. The number of amides is 1. The number of rotatable bonds is 12. The minimum absolute atomic E-state index is 0.0526. The summed E-state index contributed by atoms with van der Waals surface area (Å²) in [5.74, 6) is -0.516. The van der Waals surface area contributed by atoms with Crippen molar-refractivity contribution in [2.75, 3.05) is 58.1 Å². The average Bonchev–Trinajstić information content (AvgIpc) is 2.91. The van der Waals surface area contributed by atoms with Crippen LogP contribution in [0.1, 0.15) is 42.6 Å². The fraction of sp³-hybridized carbons (Fsp3) is 0.480. The summed E-state index contributed by atoms with van der Waals surface area (Å²) in [5, 5.41) is 12.7. The molecule has 208 valence electrons. The highest BCUT2D eigenvalue weighted by atomic mass is 19.4. The Balaban J connectivity index is 2.18. The van der Waals surface area contributed by atoms with Crippen molar-refractivity contribution in [3.63, 3.8) is 0 Å². The Morgan fingerprint density at radius 3 is 2.42 bits per heavy atom. The molecule has 0 saturated heterocycles. The van der Waals surface area contributed by atoms with E-state index in [1.165, 1.54) is 14.2 Å².